The molecule has 1 aromatic rings. The highest BCUT2D eigenvalue weighted by Gasteiger charge is 2.30. The van der Waals surface area contributed by atoms with Gasteiger partial charge in [0, 0.05) is 19.6 Å². The van der Waals surface area contributed by atoms with Gasteiger partial charge in [0.1, 0.15) is 0 Å². The summed E-state index contributed by atoms with van der Waals surface area (Å²) < 4.78 is 5.20. The van der Waals surface area contributed by atoms with E-state index in [1.165, 1.54) is 25.7 Å². The van der Waals surface area contributed by atoms with E-state index in [1.807, 2.05) is 6.92 Å². The lowest BCUT2D eigenvalue weighted by molar-refractivity contribution is 0.378. The summed E-state index contributed by atoms with van der Waals surface area (Å²) in [5.41, 5.74) is 0. The first-order valence-electron chi connectivity index (χ1n) is 7.57. The predicted octanol–water partition coefficient (Wildman–Crippen LogP) is 1.94. The van der Waals surface area contributed by atoms with Crippen molar-refractivity contribution in [3.8, 4) is 6.01 Å². The highest BCUT2D eigenvalue weighted by molar-refractivity contribution is 5.39. The smallest absolute Gasteiger partial charge is 0.322 e. The molecule has 0 bridgehead atoms. The molecule has 0 aromatic carbocycles. The van der Waals surface area contributed by atoms with Gasteiger partial charge in [0.05, 0.1) is 7.11 Å². The quantitative estimate of drug-likeness (QED) is 0.783. The van der Waals surface area contributed by atoms with Gasteiger partial charge in [-0.05, 0) is 44.4 Å². The van der Waals surface area contributed by atoms with Crippen LogP contribution < -0.4 is 15.0 Å². The molecule has 1 aromatic heterocycles. The van der Waals surface area contributed by atoms with Gasteiger partial charge in [-0.2, -0.15) is 15.0 Å². The average molecular weight is 277 g/mol. The third-order valence-electron chi connectivity index (χ3n) is 3.75. The minimum absolute atomic E-state index is 0.391. The Kier molecular flexibility index (Phi) is 3.89. The van der Waals surface area contributed by atoms with Crippen LogP contribution in [0.4, 0.5) is 11.9 Å². The maximum absolute atomic E-state index is 5.20. The second kappa shape index (κ2) is 5.81. The van der Waals surface area contributed by atoms with Gasteiger partial charge in [-0.15, -0.1) is 0 Å². The Labute approximate surface area is 120 Å². The maximum atomic E-state index is 5.20. The first-order chi connectivity index (χ1) is 9.78. The second-order valence-electron chi connectivity index (χ2n) is 5.77. The van der Waals surface area contributed by atoms with Crippen LogP contribution in [0.3, 0.4) is 0 Å². The lowest BCUT2D eigenvalue weighted by Gasteiger charge is -2.23. The van der Waals surface area contributed by atoms with Crippen LogP contribution >= 0.6 is 0 Å². The molecule has 0 spiro atoms. The standard InChI is InChI=1S/C14H23N5O/c1-3-15-12-16-13(18-14(17-12)20-2)19(8-10-4-5-10)9-11-6-7-11/h10-11H,3-9H2,1-2H3,(H,15,16,17,18). The van der Waals surface area contributed by atoms with E-state index in [4.69, 9.17) is 4.74 Å². The number of nitrogens with one attached hydrogen (secondary N) is 1. The third-order valence-corrected chi connectivity index (χ3v) is 3.75. The van der Waals surface area contributed by atoms with Gasteiger partial charge < -0.3 is 15.0 Å². The van der Waals surface area contributed by atoms with Crippen LogP contribution in [-0.2, 0) is 0 Å². The van der Waals surface area contributed by atoms with Crippen molar-refractivity contribution >= 4 is 11.9 Å². The van der Waals surface area contributed by atoms with Gasteiger partial charge in [0.25, 0.3) is 0 Å². The molecule has 2 fully saturated rings. The van der Waals surface area contributed by atoms with Crippen molar-refractivity contribution in [1.29, 1.82) is 0 Å². The molecule has 1 N–H and O–H groups in total. The van der Waals surface area contributed by atoms with E-state index in [-0.39, 0.29) is 0 Å². The molecule has 2 saturated carbocycles. The number of rotatable bonds is 8. The first kappa shape index (κ1) is 13.4. The molecule has 6 nitrogen and oxygen atoms in total. The van der Waals surface area contributed by atoms with Crippen LogP contribution in [0.2, 0.25) is 0 Å². The van der Waals surface area contributed by atoms with E-state index in [2.05, 4.69) is 25.2 Å². The normalized spacial score (nSPS) is 17.9. The van der Waals surface area contributed by atoms with Crippen LogP contribution in [-0.4, -0.2) is 41.7 Å². The van der Waals surface area contributed by atoms with Crippen molar-refractivity contribution in [1.82, 2.24) is 15.0 Å². The van der Waals surface area contributed by atoms with Crippen molar-refractivity contribution in [2.75, 3.05) is 37.0 Å². The lowest BCUT2D eigenvalue weighted by atomic mass is 10.3. The molecule has 0 unspecified atom stereocenters. The third kappa shape index (κ3) is 3.49. The van der Waals surface area contributed by atoms with E-state index in [0.717, 1.165) is 37.4 Å². The highest BCUT2D eigenvalue weighted by atomic mass is 16.5. The fourth-order valence-electron chi connectivity index (χ4n) is 2.28. The van der Waals surface area contributed by atoms with Crippen LogP contribution in [0.15, 0.2) is 0 Å². The Bertz CT molecular complexity index is 445. The molecule has 20 heavy (non-hydrogen) atoms. The van der Waals surface area contributed by atoms with Crippen molar-refractivity contribution in [3.05, 3.63) is 0 Å². The number of nitrogens with zero attached hydrogens (tertiary/aromatic N) is 4. The number of hydrogen-bond acceptors (Lipinski definition) is 6. The van der Waals surface area contributed by atoms with Crippen molar-refractivity contribution in [2.45, 2.75) is 32.6 Å². The number of ether oxygens (including phenoxy) is 1. The SMILES string of the molecule is CCNc1nc(OC)nc(N(CC2CC2)CC2CC2)n1. The Morgan fingerprint density at radius 2 is 1.75 bits per heavy atom. The predicted molar refractivity (Wildman–Crippen MR) is 78.2 cm³/mol. The lowest BCUT2D eigenvalue weighted by Crippen LogP contribution is -2.30. The van der Waals surface area contributed by atoms with E-state index < -0.39 is 0 Å². The fourth-order valence-corrected chi connectivity index (χ4v) is 2.28. The van der Waals surface area contributed by atoms with Gasteiger partial charge in [0.15, 0.2) is 0 Å². The fraction of sp³-hybridized carbons (Fsp3) is 0.786. The minimum atomic E-state index is 0.391. The molecule has 0 radical (unpaired) electrons. The summed E-state index contributed by atoms with van der Waals surface area (Å²) in [6.45, 7) is 4.95. The van der Waals surface area contributed by atoms with Crippen LogP contribution in [0, 0.1) is 11.8 Å². The Balaban J connectivity index is 1.80. The Morgan fingerprint density at radius 1 is 1.10 bits per heavy atom. The summed E-state index contributed by atoms with van der Waals surface area (Å²) in [6.07, 6.45) is 5.35. The molecule has 110 valence electrons. The van der Waals surface area contributed by atoms with Gasteiger partial charge in [0.2, 0.25) is 11.9 Å². The van der Waals surface area contributed by atoms with Crippen molar-refractivity contribution < 1.29 is 4.74 Å². The minimum Gasteiger partial charge on any atom is -0.467 e. The molecular formula is C14H23N5O. The maximum Gasteiger partial charge on any atom is 0.322 e. The zero-order valence-electron chi connectivity index (χ0n) is 12.3. The van der Waals surface area contributed by atoms with Crippen LogP contribution in [0.1, 0.15) is 32.6 Å². The number of methoxy groups -OCH3 is 1. The van der Waals surface area contributed by atoms with E-state index in [1.54, 1.807) is 7.11 Å². The molecular weight excluding hydrogens is 254 g/mol. The van der Waals surface area contributed by atoms with Gasteiger partial charge in [-0.3, -0.25) is 0 Å². The molecule has 0 atom stereocenters. The molecule has 2 aliphatic rings. The number of anilines is 2. The summed E-state index contributed by atoms with van der Waals surface area (Å²) in [5, 5.41) is 3.15. The summed E-state index contributed by atoms with van der Waals surface area (Å²) in [6, 6.07) is 0.391. The van der Waals surface area contributed by atoms with E-state index >= 15 is 0 Å². The molecule has 0 saturated heterocycles. The first-order valence-corrected chi connectivity index (χ1v) is 7.57. The highest BCUT2D eigenvalue weighted by Crippen LogP contribution is 2.35. The monoisotopic (exact) mass is 277 g/mol. The zero-order valence-corrected chi connectivity index (χ0v) is 12.3. The summed E-state index contributed by atoms with van der Waals surface area (Å²) in [4.78, 5) is 15.5. The Hall–Kier alpha value is -1.59. The van der Waals surface area contributed by atoms with E-state index in [9.17, 15) is 0 Å². The van der Waals surface area contributed by atoms with E-state index in [0.29, 0.717) is 12.0 Å². The molecule has 3 rings (SSSR count). The molecule has 2 aliphatic carbocycles. The topological polar surface area (TPSA) is 63.2 Å². The van der Waals surface area contributed by atoms with Crippen LogP contribution in [0.5, 0.6) is 6.01 Å². The number of hydrogen-bond donors (Lipinski definition) is 1. The molecule has 0 aliphatic heterocycles. The zero-order chi connectivity index (χ0) is 13.9. The molecule has 0 amide bonds. The van der Waals surface area contributed by atoms with Gasteiger partial charge in [-0.25, -0.2) is 0 Å². The Morgan fingerprint density at radius 3 is 2.25 bits per heavy atom. The van der Waals surface area contributed by atoms with Crippen molar-refractivity contribution in [3.63, 3.8) is 0 Å². The van der Waals surface area contributed by atoms with Gasteiger partial charge in [-0.1, -0.05) is 0 Å². The summed E-state index contributed by atoms with van der Waals surface area (Å²) in [5.74, 6) is 3.00. The van der Waals surface area contributed by atoms with Crippen molar-refractivity contribution in [2.24, 2.45) is 11.8 Å². The molecule has 1 heterocycles. The summed E-state index contributed by atoms with van der Waals surface area (Å²) in [7, 11) is 1.60. The second-order valence-corrected chi connectivity index (χ2v) is 5.77. The molecule has 6 heteroatoms. The average Bonchev–Trinajstić information content (AvgIpc) is 3.33. The number of aromatic nitrogens is 3. The van der Waals surface area contributed by atoms with Gasteiger partial charge >= 0.3 is 6.01 Å². The van der Waals surface area contributed by atoms with Crippen LogP contribution in [0.25, 0.3) is 0 Å². The largest absolute Gasteiger partial charge is 0.467 e. The summed E-state index contributed by atoms with van der Waals surface area (Å²) >= 11 is 0.